The Bertz CT molecular complexity index is 383. The molecule has 0 radical (unpaired) electrons. The summed E-state index contributed by atoms with van der Waals surface area (Å²) in [6.07, 6.45) is 0. The van der Waals surface area contributed by atoms with Crippen LogP contribution in [0.3, 0.4) is 0 Å². The molecule has 0 saturated carbocycles. The van der Waals surface area contributed by atoms with Gasteiger partial charge in [0.1, 0.15) is 5.60 Å². The zero-order valence-electron chi connectivity index (χ0n) is 8.80. The Hall–Kier alpha value is -1.09. The monoisotopic (exact) mass is 230 g/mol. The molecule has 0 spiro atoms. The molecular formula is C11H12ClFO2. The van der Waals surface area contributed by atoms with Crippen LogP contribution < -0.4 is 0 Å². The number of rotatable bonds is 1. The smallest absolute Gasteiger partial charge is 0.341 e. The molecule has 0 atom stereocenters. The molecule has 15 heavy (non-hydrogen) atoms. The van der Waals surface area contributed by atoms with Crippen molar-refractivity contribution in [3.8, 4) is 0 Å². The number of benzene rings is 1. The summed E-state index contributed by atoms with van der Waals surface area (Å²) in [5.41, 5.74) is -0.788. The Morgan fingerprint density at radius 2 is 2.00 bits per heavy atom. The van der Waals surface area contributed by atoms with Crippen LogP contribution in [0.2, 0.25) is 5.02 Å². The maximum absolute atomic E-state index is 13.4. The van der Waals surface area contributed by atoms with Gasteiger partial charge in [-0.05, 0) is 32.9 Å². The molecule has 0 aliphatic carbocycles. The third-order valence-corrected chi connectivity index (χ3v) is 1.86. The normalized spacial score (nSPS) is 11.3. The van der Waals surface area contributed by atoms with Gasteiger partial charge in [0.05, 0.1) is 10.6 Å². The predicted molar refractivity (Wildman–Crippen MR) is 56.6 cm³/mol. The molecule has 1 aromatic rings. The molecule has 2 nitrogen and oxygen atoms in total. The van der Waals surface area contributed by atoms with Gasteiger partial charge in [0.2, 0.25) is 0 Å². The van der Waals surface area contributed by atoms with E-state index in [9.17, 15) is 9.18 Å². The van der Waals surface area contributed by atoms with Crippen LogP contribution in [0.5, 0.6) is 0 Å². The summed E-state index contributed by atoms with van der Waals surface area (Å²) in [7, 11) is 0. The molecule has 0 aromatic heterocycles. The number of esters is 1. The van der Waals surface area contributed by atoms with E-state index in [1.54, 1.807) is 20.8 Å². The molecule has 4 heteroatoms. The summed E-state index contributed by atoms with van der Waals surface area (Å²) < 4.78 is 18.4. The first-order valence-corrected chi connectivity index (χ1v) is 4.86. The molecule has 0 saturated heterocycles. The highest BCUT2D eigenvalue weighted by Crippen LogP contribution is 2.20. The first-order valence-electron chi connectivity index (χ1n) is 4.48. The largest absolute Gasteiger partial charge is 0.456 e. The second-order valence-corrected chi connectivity index (χ2v) is 4.51. The zero-order chi connectivity index (χ0) is 11.6. The van der Waals surface area contributed by atoms with Gasteiger partial charge >= 0.3 is 5.97 Å². The summed E-state index contributed by atoms with van der Waals surface area (Å²) >= 11 is 5.55. The lowest BCUT2D eigenvalue weighted by molar-refractivity contribution is 0.00647. The second-order valence-electron chi connectivity index (χ2n) is 4.10. The van der Waals surface area contributed by atoms with Gasteiger partial charge in [-0.3, -0.25) is 0 Å². The van der Waals surface area contributed by atoms with Crippen LogP contribution in [-0.4, -0.2) is 11.6 Å². The fourth-order valence-electron chi connectivity index (χ4n) is 0.995. The van der Waals surface area contributed by atoms with E-state index >= 15 is 0 Å². The molecule has 0 aliphatic rings. The van der Waals surface area contributed by atoms with E-state index in [2.05, 4.69) is 0 Å². The Balaban J connectivity index is 2.97. The number of carbonyl (C=O) groups excluding carboxylic acids is 1. The molecule has 0 aliphatic heterocycles. The highest BCUT2D eigenvalue weighted by Gasteiger charge is 2.21. The third-order valence-electron chi connectivity index (χ3n) is 1.57. The summed E-state index contributed by atoms with van der Waals surface area (Å²) in [6, 6.07) is 4.23. The first kappa shape index (κ1) is 12.0. The van der Waals surface area contributed by atoms with Gasteiger partial charge < -0.3 is 4.74 Å². The van der Waals surface area contributed by atoms with Crippen LogP contribution in [-0.2, 0) is 4.74 Å². The predicted octanol–water partition coefficient (Wildman–Crippen LogP) is 3.43. The van der Waals surface area contributed by atoms with Gasteiger partial charge in [0.25, 0.3) is 0 Å². The van der Waals surface area contributed by atoms with Crippen molar-refractivity contribution in [1.82, 2.24) is 0 Å². The fourth-order valence-corrected chi connectivity index (χ4v) is 1.17. The van der Waals surface area contributed by atoms with Crippen LogP contribution >= 0.6 is 11.6 Å². The van der Waals surface area contributed by atoms with E-state index in [1.807, 2.05) is 0 Å². The molecule has 0 amide bonds. The van der Waals surface area contributed by atoms with Crippen LogP contribution in [0.25, 0.3) is 0 Å². The summed E-state index contributed by atoms with van der Waals surface area (Å²) in [4.78, 5) is 11.5. The Labute approximate surface area is 93.0 Å². The van der Waals surface area contributed by atoms with Crippen molar-refractivity contribution in [2.45, 2.75) is 26.4 Å². The van der Waals surface area contributed by atoms with Crippen molar-refractivity contribution in [3.63, 3.8) is 0 Å². The number of halogens is 2. The molecule has 0 unspecified atom stereocenters. The van der Waals surface area contributed by atoms with Crippen LogP contribution in [0, 0.1) is 5.82 Å². The highest BCUT2D eigenvalue weighted by molar-refractivity contribution is 6.31. The molecule has 82 valence electrons. The minimum absolute atomic E-state index is 0.0849. The minimum Gasteiger partial charge on any atom is -0.456 e. The van der Waals surface area contributed by atoms with Crippen LogP contribution in [0.4, 0.5) is 4.39 Å². The van der Waals surface area contributed by atoms with Gasteiger partial charge in [-0.2, -0.15) is 0 Å². The minimum atomic E-state index is -0.742. The van der Waals surface area contributed by atoms with Crippen molar-refractivity contribution >= 4 is 17.6 Å². The van der Waals surface area contributed by atoms with Crippen molar-refractivity contribution in [1.29, 1.82) is 0 Å². The third kappa shape index (κ3) is 3.20. The summed E-state index contributed by atoms with van der Waals surface area (Å²) in [5.74, 6) is -1.45. The molecular weight excluding hydrogens is 219 g/mol. The average Bonchev–Trinajstić information content (AvgIpc) is 2.06. The summed E-state index contributed by atoms with van der Waals surface area (Å²) in [6.45, 7) is 5.15. The zero-order valence-corrected chi connectivity index (χ0v) is 9.56. The van der Waals surface area contributed by atoms with E-state index in [0.29, 0.717) is 0 Å². The highest BCUT2D eigenvalue weighted by atomic mass is 35.5. The van der Waals surface area contributed by atoms with Gasteiger partial charge in [0.15, 0.2) is 5.82 Å². The lowest BCUT2D eigenvalue weighted by Gasteiger charge is -2.19. The maximum Gasteiger partial charge on any atom is 0.341 e. The van der Waals surface area contributed by atoms with Crippen molar-refractivity contribution < 1.29 is 13.9 Å². The van der Waals surface area contributed by atoms with Crippen LogP contribution in [0.15, 0.2) is 18.2 Å². The molecule has 1 rings (SSSR count). The van der Waals surface area contributed by atoms with E-state index < -0.39 is 17.4 Å². The lowest BCUT2D eigenvalue weighted by Crippen LogP contribution is -2.24. The second kappa shape index (κ2) is 4.19. The van der Waals surface area contributed by atoms with Crippen molar-refractivity contribution in [2.24, 2.45) is 0 Å². The summed E-state index contributed by atoms with van der Waals surface area (Å²) in [5, 5.41) is -0.0849. The fraction of sp³-hybridized carbons (Fsp3) is 0.364. The molecule has 1 aromatic carbocycles. The van der Waals surface area contributed by atoms with Crippen molar-refractivity contribution in [3.05, 3.63) is 34.6 Å². The first-order chi connectivity index (χ1) is 6.81. The number of hydrogen-bond acceptors (Lipinski definition) is 2. The topological polar surface area (TPSA) is 26.3 Å². The standard InChI is InChI=1S/C11H12ClFO2/c1-11(2,3)15-10(14)7-5-4-6-8(12)9(7)13/h4-6H,1-3H3. The number of hydrogen-bond donors (Lipinski definition) is 0. The van der Waals surface area contributed by atoms with Gasteiger partial charge in [-0.15, -0.1) is 0 Å². The molecule has 0 bridgehead atoms. The molecule has 0 N–H and O–H groups in total. The lowest BCUT2D eigenvalue weighted by atomic mass is 10.1. The SMILES string of the molecule is CC(C)(C)OC(=O)c1cccc(Cl)c1F. The molecule has 0 fully saturated rings. The van der Waals surface area contributed by atoms with E-state index in [0.717, 1.165) is 0 Å². The van der Waals surface area contributed by atoms with Crippen LogP contribution in [0.1, 0.15) is 31.1 Å². The average molecular weight is 231 g/mol. The van der Waals surface area contributed by atoms with Gasteiger partial charge in [-0.1, -0.05) is 17.7 Å². The maximum atomic E-state index is 13.4. The van der Waals surface area contributed by atoms with Gasteiger partial charge in [0, 0.05) is 0 Å². The number of carbonyl (C=O) groups is 1. The van der Waals surface area contributed by atoms with E-state index in [-0.39, 0.29) is 10.6 Å². The number of ether oxygens (including phenoxy) is 1. The Morgan fingerprint density at radius 1 is 1.40 bits per heavy atom. The molecule has 0 heterocycles. The Morgan fingerprint density at radius 3 is 2.53 bits per heavy atom. The van der Waals surface area contributed by atoms with E-state index in [4.69, 9.17) is 16.3 Å². The van der Waals surface area contributed by atoms with E-state index in [1.165, 1.54) is 18.2 Å². The van der Waals surface area contributed by atoms with Gasteiger partial charge in [-0.25, -0.2) is 9.18 Å². The quantitative estimate of drug-likeness (QED) is 0.691. The Kier molecular flexibility index (Phi) is 3.35. The van der Waals surface area contributed by atoms with Crippen molar-refractivity contribution in [2.75, 3.05) is 0 Å².